The minimum atomic E-state index is -2.09. The summed E-state index contributed by atoms with van der Waals surface area (Å²) in [6.45, 7) is 22.6. The molecular formula is C24H45N5O5Si2. The highest BCUT2D eigenvalue weighted by atomic mass is 28.4. The number of aliphatic hydroxyl groups is 1. The van der Waals surface area contributed by atoms with Crippen LogP contribution in [0.2, 0.25) is 36.3 Å². The summed E-state index contributed by atoms with van der Waals surface area (Å²) in [5.41, 5.74) is 6.23. The van der Waals surface area contributed by atoms with Crippen molar-refractivity contribution in [2.24, 2.45) is 0 Å². The Hall–Kier alpha value is -1.58. The van der Waals surface area contributed by atoms with Crippen LogP contribution in [-0.4, -0.2) is 66.3 Å². The van der Waals surface area contributed by atoms with Gasteiger partial charge in [0.2, 0.25) is 5.95 Å². The average molecular weight is 540 g/mol. The third kappa shape index (κ3) is 5.63. The summed E-state index contributed by atoms with van der Waals surface area (Å²) >= 11 is 0. The van der Waals surface area contributed by atoms with Crippen molar-refractivity contribution in [1.82, 2.24) is 19.1 Å². The highest BCUT2D eigenvalue weighted by molar-refractivity contribution is 6.74. The van der Waals surface area contributed by atoms with Gasteiger partial charge in [-0.15, -0.1) is 0 Å². The minimum absolute atomic E-state index is 0.0354. The standard InChI is InChI=1S/C24H45N5O5Si2/c1-23(2,3)35(7,8)32-14-17-16(34-36(9,10)24(4,5)6)13-18(33-17)29-15-26-19-20(29)27-22(25)28(11-12-30)21(19)31/h15-18,30H,11-14H2,1-10H3,(H2,25,27)/t16?,17-,18-/m1/s1. The zero-order valence-corrected chi connectivity index (χ0v) is 25.6. The minimum Gasteiger partial charge on any atom is -0.414 e. The van der Waals surface area contributed by atoms with E-state index in [0.29, 0.717) is 18.7 Å². The molecule has 0 radical (unpaired) electrons. The van der Waals surface area contributed by atoms with Gasteiger partial charge in [-0.1, -0.05) is 41.5 Å². The molecule has 12 heteroatoms. The lowest BCUT2D eigenvalue weighted by molar-refractivity contribution is -0.0383. The van der Waals surface area contributed by atoms with Crippen LogP contribution in [0.15, 0.2) is 11.1 Å². The van der Waals surface area contributed by atoms with Gasteiger partial charge in [-0.3, -0.25) is 13.9 Å². The SMILES string of the molecule is CC(C)(C)[Si](C)(C)OC[C@H]1O[C@@H](n2cnc3c(=O)n(CCO)c(N)nc32)CC1O[Si](C)(C)C(C)(C)C. The Bertz CT molecular complexity index is 1130. The topological polar surface area (TPSA) is 127 Å². The fourth-order valence-electron chi connectivity index (χ4n) is 3.75. The van der Waals surface area contributed by atoms with Gasteiger partial charge in [0.1, 0.15) is 12.3 Å². The molecule has 3 rings (SSSR count). The number of anilines is 1. The summed E-state index contributed by atoms with van der Waals surface area (Å²) in [6.07, 6.45) is 1.32. The molecule has 3 atom stereocenters. The number of fused-ring (bicyclic) bond motifs is 1. The number of nitrogens with zero attached hydrogens (tertiary/aromatic N) is 4. The number of nitrogens with two attached hydrogens (primary N) is 1. The number of rotatable bonds is 8. The summed E-state index contributed by atoms with van der Waals surface area (Å²) in [5.74, 6) is 0.0354. The van der Waals surface area contributed by atoms with Gasteiger partial charge in [0.25, 0.3) is 5.56 Å². The Labute approximate surface area is 216 Å². The fraction of sp³-hybridized carbons (Fsp3) is 0.792. The van der Waals surface area contributed by atoms with Crippen molar-refractivity contribution >= 4 is 33.7 Å². The molecule has 10 nitrogen and oxygen atoms in total. The van der Waals surface area contributed by atoms with Crippen molar-refractivity contribution in [3.8, 4) is 0 Å². The van der Waals surface area contributed by atoms with Gasteiger partial charge in [0.05, 0.1) is 32.2 Å². The Kier molecular flexibility index (Phi) is 8.01. The summed E-state index contributed by atoms with van der Waals surface area (Å²) < 4.78 is 22.9. The lowest BCUT2D eigenvalue weighted by Gasteiger charge is -2.40. The summed E-state index contributed by atoms with van der Waals surface area (Å²) in [5, 5.41) is 9.40. The van der Waals surface area contributed by atoms with E-state index in [1.807, 2.05) is 0 Å². The van der Waals surface area contributed by atoms with Crippen LogP contribution in [0.3, 0.4) is 0 Å². The molecule has 2 aromatic rings. The van der Waals surface area contributed by atoms with Crippen molar-refractivity contribution in [3.05, 3.63) is 16.7 Å². The molecular weight excluding hydrogens is 494 g/mol. The van der Waals surface area contributed by atoms with Crippen LogP contribution in [0.1, 0.15) is 54.2 Å². The van der Waals surface area contributed by atoms with E-state index in [1.54, 1.807) is 10.9 Å². The molecule has 1 aliphatic rings. The maximum atomic E-state index is 12.9. The molecule has 0 spiro atoms. The first-order valence-electron chi connectivity index (χ1n) is 12.7. The Morgan fingerprint density at radius 1 is 1.14 bits per heavy atom. The predicted octanol–water partition coefficient (Wildman–Crippen LogP) is 3.87. The van der Waals surface area contributed by atoms with E-state index in [2.05, 4.69) is 77.7 Å². The highest BCUT2D eigenvalue weighted by Crippen LogP contribution is 2.42. The number of aromatic nitrogens is 4. The monoisotopic (exact) mass is 539 g/mol. The first kappa shape index (κ1) is 29.0. The first-order chi connectivity index (χ1) is 16.4. The normalized spacial score (nSPS) is 22.0. The van der Waals surface area contributed by atoms with Crippen LogP contribution in [0.4, 0.5) is 5.95 Å². The summed E-state index contributed by atoms with van der Waals surface area (Å²) in [6, 6.07) is 0. The second-order valence-electron chi connectivity index (χ2n) is 12.8. The van der Waals surface area contributed by atoms with E-state index >= 15 is 0 Å². The van der Waals surface area contributed by atoms with Crippen LogP contribution >= 0.6 is 0 Å². The second-order valence-corrected chi connectivity index (χ2v) is 22.4. The van der Waals surface area contributed by atoms with Gasteiger partial charge >= 0.3 is 0 Å². The molecule has 3 heterocycles. The third-order valence-corrected chi connectivity index (χ3v) is 17.2. The van der Waals surface area contributed by atoms with E-state index in [4.69, 9.17) is 19.3 Å². The quantitative estimate of drug-likeness (QED) is 0.484. The van der Waals surface area contributed by atoms with E-state index < -0.39 is 22.9 Å². The number of aliphatic hydroxyl groups excluding tert-OH is 1. The molecule has 1 unspecified atom stereocenters. The summed E-state index contributed by atoms with van der Waals surface area (Å²) in [7, 11) is -4.08. The molecule has 36 heavy (non-hydrogen) atoms. The maximum Gasteiger partial charge on any atom is 0.283 e. The molecule has 1 saturated heterocycles. The maximum absolute atomic E-state index is 12.9. The number of hydrogen-bond acceptors (Lipinski definition) is 8. The van der Waals surface area contributed by atoms with Gasteiger partial charge in [0.15, 0.2) is 27.8 Å². The van der Waals surface area contributed by atoms with Crippen molar-refractivity contribution in [2.75, 3.05) is 18.9 Å². The number of ether oxygens (including phenoxy) is 1. The van der Waals surface area contributed by atoms with Crippen LogP contribution < -0.4 is 11.3 Å². The Morgan fingerprint density at radius 3 is 2.31 bits per heavy atom. The molecule has 3 N–H and O–H groups in total. The number of hydrogen-bond donors (Lipinski definition) is 2. The lowest BCUT2D eigenvalue weighted by Crippen LogP contribution is -2.48. The van der Waals surface area contributed by atoms with Crippen LogP contribution in [-0.2, 0) is 20.1 Å². The van der Waals surface area contributed by atoms with Gasteiger partial charge in [-0.05, 0) is 36.3 Å². The van der Waals surface area contributed by atoms with E-state index in [1.165, 1.54) is 4.57 Å². The highest BCUT2D eigenvalue weighted by Gasteiger charge is 2.47. The molecule has 0 saturated carbocycles. The smallest absolute Gasteiger partial charge is 0.283 e. The molecule has 0 aromatic carbocycles. The molecule has 1 fully saturated rings. The fourth-order valence-corrected chi connectivity index (χ4v) is 6.12. The molecule has 1 aliphatic heterocycles. The van der Waals surface area contributed by atoms with E-state index in [9.17, 15) is 9.90 Å². The second kappa shape index (κ2) is 9.95. The van der Waals surface area contributed by atoms with Crippen molar-refractivity contribution in [2.45, 2.75) is 109 Å². The van der Waals surface area contributed by atoms with E-state index in [0.717, 1.165) is 0 Å². The van der Waals surface area contributed by atoms with Crippen molar-refractivity contribution in [1.29, 1.82) is 0 Å². The number of nitrogen functional groups attached to an aromatic ring is 1. The lowest BCUT2D eigenvalue weighted by atomic mass is 10.2. The van der Waals surface area contributed by atoms with Crippen molar-refractivity contribution in [3.63, 3.8) is 0 Å². The third-order valence-electron chi connectivity index (χ3n) is 8.19. The molecule has 2 aromatic heterocycles. The van der Waals surface area contributed by atoms with Gasteiger partial charge in [-0.2, -0.15) is 4.98 Å². The molecule has 0 aliphatic carbocycles. The largest absolute Gasteiger partial charge is 0.414 e. The molecule has 0 bridgehead atoms. The van der Waals surface area contributed by atoms with Crippen LogP contribution in [0.25, 0.3) is 11.2 Å². The van der Waals surface area contributed by atoms with Crippen molar-refractivity contribution < 1.29 is 18.7 Å². The first-order valence-corrected chi connectivity index (χ1v) is 18.5. The summed E-state index contributed by atoms with van der Waals surface area (Å²) in [4.78, 5) is 21.6. The zero-order chi connectivity index (χ0) is 27.3. The van der Waals surface area contributed by atoms with Gasteiger partial charge < -0.3 is 24.4 Å². The predicted molar refractivity (Wildman–Crippen MR) is 147 cm³/mol. The Balaban J connectivity index is 1.94. The van der Waals surface area contributed by atoms with Gasteiger partial charge in [-0.25, -0.2) is 4.98 Å². The molecule has 204 valence electrons. The molecule has 0 amide bonds. The average Bonchev–Trinajstić information content (AvgIpc) is 3.31. The van der Waals surface area contributed by atoms with Crippen LogP contribution in [0, 0.1) is 0 Å². The number of imidazole rings is 1. The Morgan fingerprint density at radius 2 is 1.75 bits per heavy atom. The van der Waals surface area contributed by atoms with Crippen LogP contribution in [0.5, 0.6) is 0 Å². The zero-order valence-electron chi connectivity index (χ0n) is 23.6. The van der Waals surface area contributed by atoms with Gasteiger partial charge in [0, 0.05) is 6.42 Å². The van der Waals surface area contributed by atoms with E-state index in [-0.39, 0.29) is 52.5 Å².